The first-order valence-electron chi connectivity index (χ1n) is 7.83. The third-order valence-electron chi connectivity index (χ3n) is 3.94. The van der Waals surface area contributed by atoms with E-state index in [1.54, 1.807) is 14.2 Å². The largest absolute Gasteiger partial charge is 0.497 e. The molecule has 2 N–H and O–H groups in total. The Hall–Kier alpha value is -2.08. The number of benzene rings is 1. The average molecular weight is 320 g/mol. The Bertz CT molecular complexity index is 530. The second-order valence-electron chi connectivity index (χ2n) is 5.62. The first-order chi connectivity index (χ1) is 11.2. The number of hydrogen-bond acceptors (Lipinski definition) is 4. The Morgan fingerprint density at radius 1 is 1.04 bits per heavy atom. The van der Waals surface area contributed by atoms with E-state index in [4.69, 9.17) is 9.47 Å². The normalized spacial score (nSPS) is 19.0. The SMILES string of the molecule is COCCNC(=O)C1CC1C(=O)NCCc1ccc(OC)cc1. The zero-order chi connectivity index (χ0) is 16.7. The van der Waals surface area contributed by atoms with Crippen LogP contribution in [-0.2, 0) is 20.7 Å². The summed E-state index contributed by atoms with van der Waals surface area (Å²) < 4.78 is 9.98. The predicted octanol–water partition coefficient (Wildman–Crippen LogP) is 0.753. The quantitative estimate of drug-likeness (QED) is 0.659. The predicted molar refractivity (Wildman–Crippen MR) is 86.2 cm³/mol. The topological polar surface area (TPSA) is 76.7 Å². The van der Waals surface area contributed by atoms with Gasteiger partial charge in [-0.25, -0.2) is 0 Å². The van der Waals surface area contributed by atoms with Crippen LogP contribution in [0.4, 0.5) is 0 Å². The Labute approximate surface area is 136 Å². The van der Waals surface area contributed by atoms with Gasteiger partial charge in [0, 0.05) is 20.2 Å². The summed E-state index contributed by atoms with van der Waals surface area (Å²) in [6, 6.07) is 7.76. The van der Waals surface area contributed by atoms with Gasteiger partial charge in [0.05, 0.1) is 25.6 Å². The highest BCUT2D eigenvalue weighted by atomic mass is 16.5. The van der Waals surface area contributed by atoms with E-state index in [9.17, 15) is 9.59 Å². The van der Waals surface area contributed by atoms with Gasteiger partial charge in [-0.15, -0.1) is 0 Å². The molecule has 0 heterocycles. The minimum Gasteiger partial charge on any atom is -0.497 e. The smallest absolute Gasteiger partial charge is 0.224 e. The van der Waals surface area contributed by atoms with Crippen LogP contribution in [-0.4, -0.2) is 45.7 Å². The molecule has 1 saturated carbocycles. The van der Waals surface area contributed by atoms with Gasteiger partial charge in [0.25, 0.3) is 0 Å². The van der Waals surface area contributed by atoms with Crippen molar-refractivity contribution >= 4 is 11.8 Å². The maximum atomic E-state index is 12.0. The lowest BCUT2D eigenvalue weighted by Crippen LogP contribution is -2.32. The van der Waals surface area contributed by atoms with E-state index in [2.05, 4.69) is 10.6 Å². The number of rotatable bonds is 9. The first kappa shape index (κ1) is 17.3. The van der Waals surface area contributed by atoms with Gasteiger partial charge in [0.1, 0.15) is 5.75 Å². The zero-order valence-electron chi connectivity index (χ0n) is 13.6. The van der Waals surface area contributed by atoms with E-state index in [-0.39, 0.29) is 23.7 Å². The van der Waals surface area contributed by atoms with Crippen LogP contribution in [0.1, 0.15) is 12.0 Å². The Kier molecular flexibility index (Phi) is 6.40. The van der Waals surface area contributed by atoms with Crippen molar-refractivity contribution < 1.29 is 19.1 Å². The second kappa shape index (κ2) is 8.53. The fourth-order valence-electron chi connectivity index (χ4n) is 2.44. The summed E-state index contributed by atoms with van der Waals surface area (Å²) in [4.78, 5) is 23.8. The lowest BCUT2D eigenvalue weighted by Gasteiger charge is -2.07. The third kappa shape index (κ3) is 5.25. The van der Waals surface area contributed by atoms with E-state index in [1.807, 2.05) is 24.3 Å². The van der Waals surface area contributed by atoms with Crippen molar-refractivity contribution in [1.29, 1.82) is 0 Å². The molecule has 6 heteroatoms. The van der Waals surface area contributed by atoms with Crippen molar-refractivity contribution in [3.05, 3.63) is 29.8 Å². The van der Waals surface area contributed by atoms with Crippen molar-refractivity contribution in [3.63, 3.8) is 0 Å². The summed E-state index contributed by atoms with van der Waals surface area (Å²) in [5.41, 5.74) is 1.13. The van der Waals surface area contributed by atoms with Gasteiger partial charge < -0.3 is 20.1 Å². The van der Waals surface area contributed by atoms with Gasteiger partial charge in [-0.1, -0.05) is 12.1 Å². The van der Waals surface area contributed by atoms with Crippen molar-refractivity contribution in [2.45, 2.75) is 12.8 Å². The van der Waals surface area contributed by atoms with Gasteiger partial charge >= 0.3 is 0 Å². The molecule has 1 aliphatic carbocycles. The minimum atomic E-state index is -0.187. The fourth-order valence-corrected chi connectivity index (χ4v) is 2.44. The van der Waals surface area contributed by atoms with Crippen LogP contribution in [0.2, 0.25) is 0 Å². The Morgan fingerprint density at radius 2 is 1.65 bits per heavy atom. The molecule has 2 amide bonds. The number of methoxy groups -OCH3 is 2. The number of amides is 2. The molecule has 0 saturated heterocycles. The number of ether oxygens (including phenoxy) is 2. The molecule has 0 radical (unpaired) electrons. The van der Waals surface area contributed by atoms with E-state index in [1.165, 1.54) is 0 Å². The van der Waals surface area contributed by atoms with Gasteiger partial charge in [0.15, 0.2) is 0 Å². The van der Waals surface area contributed by atoms with E-state index in [0.717, 1.165) is 17.7 Å². The maximum absolute atomic E-state index is 12.0. The molecule has 0 spiro atoms. The highest BCUT2D eigenvalue weighted by Gasteiger charge is 2.47. The second-order valence-corrected chi connectivity index (χ2v) is 5.62. The van der Waals surface area contributed by atoms with E-state index in [0.29, 0.717) is 26.1 Å². The highest BCUT2D eigenvalue weighted by molar-refractivity contribution is 5.92. The molecule has 1 aliphatic rings. The molecule has 2 unspecified atom stereocenters. The van der Waals surface area contributed by atoms with E-state index < -0.39 is 0 Å². The summed E-state index contributed by atoms with van der Waals surface area (Å²) >= 11 is 0. The summed E-state index contributed by atoms with van der Waals surface area (Å²) in [7, 11) is 3.22. The number of carbonyl (C=O) groups excluding carboxylic acids is 2. The van der Waals surface area contributed by atoms with E-state index >= 15 is 0 Å². The Balaban J connectivity index is 1.65. The maximum Gasteiger partial charge on any atom is 0.224 e. The van der Waals surface area contributed by atoms with Crippen molar-refractivity contribution in [2.75, 3.05) is 33.9 Å². The van der Waals surface area contributed by atoms with Crippen LogP contribution in [0.15, 0.2) is 24.3 Å². The third-order valence-corrected chi connectivity index (χ3v) is 3.94. The molecule has 0 bridgehead atoms. The van der Waals surface area contributed by atoms with Crippen molar-refractivity contribution in [1.82, 2.24) is 10.6 Å². The summed E-state index contributed by atoms with van der Waals surface area (Å²) in [5, 5.41) is 5.67. The van der Waals surface area contributed by atoms with Crippen LogP contribution >= 0.6 is 0 Å². The molecule has 1 aromatic rings. The molecule has 23 heavy (non-hydrogen) atoms. The first-order valence-corrected chi connectivity index (χ1v) is 7.83. The monoisotopic (exact) mass is 320 g/mol. The lowest BCUT2D eigenvalue weighted by molar-refractivity contribution is -0.127. The lowest BCUT2D eigenvalue weighted by atomic mass is 10.1. The molecular weight excluding hydrogens is 296 g/mol. The van der Waals surface area contributed by atoms with Gasteiger partial charge in [-0.2, -0.15) is 0 Å². The summed E-state index contributed by atoms with van der Waals surface area (Å²) in [6.45, 7) is 1.54. The van der Waals surface area contributed by atoms with Crippen LogP contribution in [0.3, 0.4) is 0 Å². The average Bonchev–Trinajstić information content (AvgIpc) is 3.36. The molecule has 0 aromatic heterocycles. The molecule has 0 aliphatic heterocycles. The zero-order valence-corrected chi connectivity index (χ0v) is 13.6. The van der Waals surface area contributed by atoms with Crippen molar-refractivity contribution in [2.24, 2.45) is 11.8 Å². The molecule has 2 atom stereocenters. The highest BCUT2D eigenvalue weighted by Crippen LogP contribution is 2.38. The number of carbonyl (C=O) groups is 2. The summed E-state index contributed by atoms with van der Waals surface area (Å²) in [6.07, 6.45) is 1.39. The van der Waals surface area contributed by atoms with Crippen molar-refractivity contribution in [3.8, 4) is 5.75 Å². The van der Waals surface area contributed by atoms with Crippen LogP contribution in [0.5, 0.6) is 5.75 Å². The number of nitrogens with one attached hydrogen (secondary N) is 2. The number of hydrogen-bond donors (Lipinski definition) is 2. The fraction of sp³-hybridized carbons (Fsp3) is 0.529. The molecular formula is C17H24N2O4. The van der Waals surface area contributed by atoms with Crippen LogP contribution in [0, 0.1) is 11.8 Å². The molecule has 2 rings (SSSR count). The van der Waals surface area contributed by atoms with Gasteiger partial charge in [0.2, 0.25) is 11.8 Å². The summed E-state index contributed by atoms with van der Waals surface area (Å²) in [5.74, 6) is 0.349. The Morgan fingerprint density at radius 3 is 2.22 bits per heavy atom. The van der Waals surface area contributed by atoms with Gasteiger partial charge in [-0.3, -0.25) is 9.59 Å². The van der Waals surface area contributed by atoms with Gasteiger partial charge in [-0.05, 0) is 30.5 Å². The minimum absolute atomic E-state index is 0.0367. The standard InChI is InChI=1S/C17H24N2O4/c1-22-10-9-19-17(21)15-11-14(15)16(20)18-8-7-12-3-5-13(23-2)6-4-12/h3-6,14-15H,7-11H2,1-2H3,(H,18,20)(H,19,21). The van der Waals surface area contributed by atoms with Crippen LogP contribution < -0.4 is 15.4 Å². The van der Waals surface area contributed by atoms with Crippen LogP contribution in [0.25, 0.3) is 0 Å². The molecule has 126 valence electrons. The molecule has 6 nitrogen and oxygen atoms in total. The molecule has 1 aromatic carbocycles. The molecule has 1 fully saturated rings.